The third kappa shape index (κ3) is 2.36. The van der Waals surface area contributed by atoms with Crippen LogP contribution in [0.15, 0.2) is 30.3 Å². The van der Waals surface area contributed by atoms with E-state index in [0.717, 1.165) is 16.1 Å². The third-order valence-corrected chi connectivity index (χ3v) is 4.59. The largest absolute Gasteiger partial charge is 0.236 e. The Balaban J connectivity index is 2.26. The van der Waals surface area contributed by atoms with E-state index >= 15 is 0 Å². The molecule has 19 heavy (non-hydrogen) atoms. The van der Waals surface area contributed by atoms with Crippen molar-refractivity contribution in [3.63, 3.8) is 0 Å². The molecule has 0 aliphatic carbocycles. The van der Waals surface area contributed by atoms with Crippen LogP contribution in [0.1, 0.15) is 11.1 Å². The first-order valence-electron chi connectivity index (χ1n) is 5.88. The minimum absolute atomic E-state index is 0.673. The van der Waals surface area contributed by atoms with Crippen LogP contribution in [0, 0.1) is 13.8 Å². The van der Waals surface area contributed by atoms with Crippen LogP contribution in [0.5, 0.6) is 0 Å². The summed E-state index contributed by atoms with van der Waals surface area (Å²) in [5.74, 6) is 0. The molecule has 2 aromatic carbocycles. The first kappa shape index (κ1) is 12.9. The molecule has 0 radical (unpaired) electrons. The van der Waals surface area contributed by atoms with Gasteiger partial charge in [0.25, 0.3) is 0 Å². The molecule has 3 aromatic rings. The minimum atomic E-state index is 0.673. The molecule has 0 aliphatic rings. The smallest absolute Gasteiger partial charge is 0.126 e. The minimum Gasteiger partial charge on any atom is -0.236 e. The Morgan fingerprint density at radius 3 is 2.63 bits per heavy atom. The lowest BCUT2D eigenvalue weighted by Crippen LogP contribution is -1.81. The lowest BCUT2D eigenvalue weighted by Gasteiger charge is -2.00. The molecule has 0 saturated heterocycles. The molecule has 1 aromatic heterocycles. The van der Waals surface area contributed by atoms with Gasteiger partial charge in [0.2, 0.25) is 0 Å². The van der Waals surface area contributed by atoms with Crippen LogP contribution in [0.4, 0.5) is 0 Å². The average Bonchev–Trinajstić information content (AvgIpc) is 2.76. The van der Waals surface area contributed by atoms with Crippen molar-refractivity contribution in [2.75, 3.05) is 0 Å². The lowest BCUT2D eigenvalue weighted by molar-refractivity contribution is 1.38. The first-order chi connectivity index (χ1) is 9.04. The molecule has 0 amide bonds. The number of hydrogen-bond acceptors (Lipinski definition) is 2. The fourth-order valence-corrected chi connectivity index (χ4v) is 3.75. The number of halogens is 2. The van der Waals surface area contributed by atoms with Crippen molar-refractivity contribution in [1.29, 1.82) is 0 Å². The Hall–Kier alpha value is -1.09. The second-order valence-corrected chi connectivity index (χ2v) is 6.45. The second kappa shape index (κ2) is 4.78. The van der Waals surface area contributed by atoms with E-state index in [1.54, 1.807) is 17.4 Å². The van der Waals surface area contributed by atoms with Gasteiger partial charge in [-0.1, -0.05) is 29.3 Å². The van der Waals surface area contributed by atoms with Crippen molar-refractivity contribution < 1.29 is 0 Å². The van der Waals surface area contributed by atoms with Crippen LogP contribution < -0.4 is 0 Å². The van der Waals surface area contributed by atoms with Crippen LogP contribution in [0.3, 0.4) is 0 Å². The summed E-state index contributed by atoms with van der Waals surface area (Å²) in [5, 5.41) is 2.26. The molecule has 0 aliphatic heterocycles. The number of fused-ring (bicyclic) bond motifs is 1. The third-order valence-electron chi connectivity index (χ3n) is 2.99. The molecule has 0 bridgehead atoms. The molecule has 0 spiro atoms. The van der Waals surface area contributed by atoms with Gasteiger partial charge >= 0.3 is 0 Å². The number of aryl methyl sites for hydroxylation is 2. The summed E-state index contributed by atoms with van der Waals surface area (Å²) in [6.45, 7) is 4.18. The Morgan fingerprint density at radius 2 is 1.84 bits per heavy atom. The van der Waals surface area contributed by atoms with Crippen molar-refractivity contribution in [3.8, 4) is 10.6 Å². The van der Waals surface area contributed by atoms with Crippen LogP contribution >= 0.6 is 34.5 Å². The summed E-state index contributed by atoms with van der Waals surface area (Å²) in [4.78, 5) is 4.70. The molecule has 0 N–H and O–H groups in total. The van der Waals surface area contributed by atoms with Gasteiger partial charge in [0.05, 0.1) is 15.2 Å². The SMILES string of the molecule is Cc1cc(C)c2nc(-c3cc(Cl)ccc3Cl)sc2c1. The van der Waals surface area contributed by atoms with Crippen molar-refractivity contribution in [2.24, 2.45) is 0 Å². The highest BCUT2D eigenvalue weighted by Crippen LogP contribution is 2.37. The predicted octanol–water partition coefficient (Wildman–Crippen LogP) is 5.89. The zero-order chi connectivity index (χ0) is 13.6. The van der Waals surface area contributed by atoms with Crippen molar-refractivity contribution in [3.05, 3.63) is 51.5 Å². The molecule has 3 rings (SSSR count). The fraction of sp³-hybridized carbons (Fsp3) is 0.133. The highest BCUT2D eigenvalue weighted by atomic mass is 35.5. The van der Waals surface area contributed by atoms with Gasteiger partial charge in [0.1, 0.15) is 5.01 Å². The maximum Gasteiger partial charge on any atom is 0.126 e. The number of thiazole rings is 1. The summed E-state index contributed by atoms with van der Waals surface area (Å²) >= 11 is 13.9. The van der Waals surface area contributed by atoms with Crippen molar-refractivity contribution >= 4 is 44.8 Å². The zero-order valence-electron chi connectivity index (χ0n) is 10.5. The van der Waals surface area contributed by atoms with Gasteiger partial charge in [-0.2, -0.15) is 0 Å². The number of benzene rings is 2. The van der Waals surface area contributed by atoms with Crippen LogP contribution in [0.25, 0.3) is 20.8 Å². The summed E-state index contributed by atoms with van der Waals surface area (Å²) < 4.78 is 1.18. The fourth-order valence-electron chi connectivity index (χ4n) is 2.15. The maximum absolute atomic E-state index is 6.24. The topological polar surface area (TPSA) is 12.9 Å². The highest BCUT2D eigenvalue weighted by Gasteiger charge is 2.12. The van der Waals surface area contributed by atoms with E-state index < -0.39 is 0 Å². The van der Waals surface area contributed by atoms with Gasteiger partial charge in [-0.3, -0.25) is 0 Å². The van der Waals surface area contributed by atoms with E-state index in [1.807, 2.05) is 12.1 Å². The predicted molar refractivity (Wildman–Crippen MR) is 84.6 cm³/mol. The average molecular weight is 308 g/mol. The Kier molecular flexibility index (Phi) is 3.25. The zero-order valence-corrected chi connectivity index (χ0v) is 12.8. The van der Waals surface area contributed by atoms with E-state index in [1.165, 1.54) is 15.8 Å². The lowest BCUT2D eigenvalue weighted by atomic mass is 10.1. The number of rotatable bonds is 1. The normalized spacial score (nSPS) is 11.2. The van der Waals surface area contributed by atoms with Gasteiger partial charge in [-0.05, 0) is 49.2 Å². The van der Waals surface area contributed by atoms with Gasteiger partial charge in [0.15, 0.2) is 0 Å². The first-order valence-corrected chi connectivity index (χ1v) is 7.45. The summed E-state index contributed by atoms with van der Waals surface area (Å²) in [6.07, 6.45) is 0. The molecule has 1 heterocycles. The van der Waals surface area contributed by atoms with Crippen LogP contribution in [0.2, 0.25) is 10.0 Å². The van der Waals surface area contributed by atoms with E-state index in [2.05, 4.69) is 26.0 Å². The van der Waals surface area contributed by atoms with Crippen molar-refractivity contribution in [1.82, 2.24) is 4.98 Å². The van der Waals surface area contributed by atoms with Gasteiger partial charge < -0.3 is 0 Å². The quantitative estimate of drug-likeness (QED) is 0.546. The molecular weight excluding hydrogens is 297 g/mol. The number of hydrogen-bond donors (Lipinski definition) is 0. The van der Waals surface area contributed by atoms with E-state index in [4.69, 9.17) is 28.2 Å². The standard InChI is InChI=1S/C15H11Cl2NS/c1-8-5-9(2)14-13(6-8)19-15(18-14)11-7-10(16)3-4-12(11)17/h3-7H,1-2H3. The Labute approximate surface area is 125 Å². The van der Waals surface area contributed by atoms with Crippen LogP contribution in [-0.2, 0) is 0 Å². The number of nitrogens with zero attached hydrogens (tertiary/aromatic N) is 1. The summed E-state index contributed by atoms with van der Waals surface area (Å²) in [5.41, 5.74) is 4.38. The molecule has 0 atom stereocenters. The summed E-state index contributed by atoms with van der Waals surface area (Å²) in [6, 6.07) is 9.76. The van der Waals surface area contributed by atoms with Crippen LogP contribution in [-0.4, -0.2) is 4.98 Å². The molecule has 0 unspecified atom stereocenters. The maximum atomic E-state index is 6.24. The van der Waals surface area contributed by atoms with Gasteiger partial charge in [0, 0.05) is 10.6 Å². The molecule has 0 fully saturated rings. The summed E-state index contributed by atoms with van der Waals surface area (Å²) in [7, 11) is 0. The molecule has 96 valence electrons. The molecule has 4 heteroatoms. The molecule has 1 nitrogen and oxygen atoms in total. The van der Waals surface area contributed by atoms with E-state index in [-0.39, 0.29) is 0 Å². The molecule has 0 saturated carbocycles. The highest BCUT2D eigenvalue weighted by molar-refractivity contribution is 7.21. The second-order valence-electron chi connectivity index (χ2n) is 4.57. The van der Waals surface area contributed by atoms with Crippen molar-refractivity contribution in [2.45, 2.75) is 13.8 Å². The Bertz CT molecular complexity index is 777. The monoisotopic (exact) mass is 307 g/mol. The van der Waals surface area contributed by atoms with E-state index in [9.17, 15) is 0 Å². The number of aromatic nitrogens is 1. The Morgan fingerprint density at radius 1 is 1.05 bits per heavy atom. The van der Waals surface area contributed by atoms with E-state index in [0.29, 0.717) is 10.0 Å². The molecular formula is C15H11Cl2NS. The van der Waals surface area contributed by atoms with Gasteiger partial charge in [-0.15, -0.1) is 11.3 Å². The van der Waals surface area contributed by atoms with Gasteiger partial charge in [-0.25, -0.2) is 4.98 Å².